The van der Waals surface area contributed by atoms with Crippen LogP contribution >= 0.6 is 23.4 Å². The first-order valence-electron chi connectivity index (χ1n) is 11.6. The summed E-state index contributed by atoms with van der Waals surface area (Å²) in [4.78, 5) is 11.2. The average molecular weight is 532 g/mol. The van der Waals surface area contributed by atoms with Crippen LogP contribution in [0.4, 0.5) is 18.9 Å². The van der Waals surface area contributed by atoms with Crippen molar-refractivity contribution in [2.24, 2.45) is 9.98 Å². The van der Waals surface area contributed by atoms with Crippen molar-refractivity contribution in [1.29, 1.82) is 10.5 Å². The lowest BCUT2D eigenvalue weighted by atomic mass is 9.96. The fourth-order valence-electron chi connectivity index (χ4n) is 3.86. The third-order valence-corrected chi connectivity index (χ3v) is 6.85. The van der Waals surface area contributed by atoms with E-state index in [0.717, 1.165) is 25.0 Å². The Hall–Kier alpha value is -3.01. The van der Waals surface area contributed by atoms with E-state index in [1.807, 2.05) is 20.8 Å². The van der Waals surface area contributed by atoms with E-state index in [4.69, 9.17) is 16.6 Å². The van der Waals surface area contributed by atoms with Gasteiger partial charge in [-0.2, -0.15) is 23.7 Å². The van der Waals surface area contributed by atoms with Crippen molar-refractivity contribution >= 4 is 40.6 Å². The summed E-state index contributed by atoms with van der Waals surface area (Å²) >= 11 is 7.66. The van der Waals surface area contributed by atoms with Gasteiger partial charge in [-0.15, -0.1) is 11.8 Å². The van der Waals surface area contributed by atoms with Crippen LogP contribution in [0.1, 0.15) is 62.3 Å². The molecule has 5 nitrogen and oxygen atoms in total. The van der Waals surface area contributed by atoms with E-state index in [9.17, 15) is 23.7 Å². The number of halogens is 4. The molecule has 188 valence electrons. The zero-order valence-electron chi connectivity index (χ0n) is 20.2. The molecule has 2 aromatic carbocycles. The molecule has 1 atom stereocenters. The van der Waals surface area contributed by atoms with Gasteiger partial charge in [0.1, 0.15) is 17.9 Å². The number of nitrogens with zero attached hydrogens (tertiary/aromatic N) is 5. The number of hydrogen-bond acceptors (Lipinski definition) is 5. The van der Waals surface area contributed by atoms with E-state index in [-0.39, 0.29) is 27.5 Å². The number of hydrogen-bond donors (Lipinski definition) is 0. The molecule has 1 unspecified atom stereocenters. The summed E-state index contributed by atoms with van der Waals surface area (Å²) in [6, 6.07) is 8.30. The van der Waals surface area contributed by atoms with Gasteiger partial charge in [-0.1, -0.05) is 32.4 Å². The molecule has 1 aliphatic heterocycles. The molecule has 0 saturated heterocycles. The molecule has 0 aromatic heterocycles. The summed E-state index contributed by atoms with van der Waals surface area (Å²) in [6.07, 6.45) is -0.476. The van der Waals surface area contributed by atoms with Gasteiger partial charge < -0.3 is 0 Å². The number of amidine groups is 1. The smallest absolute Gasteiger partial charge is 0.273 e. The topological polar surface area (TPSA) is 75.5 Å². The van der Waals surface area contributed by atoms with Crippen molar-refractivity contribution in [3.05, 3.63) is 57.6 Å². The molecular weight excluding hydrogens is 507 g/mol. The molecule has 36 heavy (non-hydrogen) atoms. The van der Waals surface area contributed by atoms with Crippen LogP contribution in [0.2, 0.25) is 5.02 Å². The average Bonchev–Trinajstić information content (AvgIpc) is 2.98. The molecule has 0 fully saturated rings. The van der Waals surface area contributed by atoms with E-state index in [0.29, 0.717) is 35.0 Å². The van der Waals surface area contributed by atoms with Gasteiger partial charge in [-0.25, -0.2) is 4.90 Å². The number of benzene rings is 2. The van der Waals surface area contributed by atoms with Gasteiger partial charge >= 0.3 is 6.18 Å². The van der Waals surface area contributed by atoms with Crippen molar-refractivity contribution in [3.63, 3.8) is 0 Å². The first kappa shape index (κ1) is 27.6. The Balaban J connectivity index is 2.42. The minimum absolute atomic E-state index is 0.111. The van der Waals surface area contributed by atoms with Gasteiger partial charge in [0, 0.05) is 27.6 Å². The van der Waals surface area contributed by atoms with Crippen LogP contribution in [0, 0.1) is 22.8 Å². The van der Waals surface area contributed by atoms with Crippen LogP contribution in [0.25, 0.3) is 0 Å². The maximum absolute atomic E-state index is 13.9. The summed E-state index contributed by atoms with van der Waals surface area (Å²) in [7, 11) is 0. The second-order valence-corrected chi connectivity index (χ2v) is 9.74. The highest BCUT2D eigenvalue weighted by molar-refractivity contribution is 7.99. The van der Waals surface area contributed by atoms with E-state index in [1.54, 1.807) is 6.07 Å². The molecule has 2 aromatic rings. The maximum atomic E-state index is 13.9. The van der Waals surface area contributed by atoms with Gasteiger partial charge in [-0.3, -0.25) is 9.98 Å². The van der Waals surface area contributed by atoms with Gasteiger partial charge in [0.25, 0.3) is 0 Å². The summed E-state index contributed by atoms with van der Waals surface area (Å²) in [6.45, 7) is 6.20. The Labute approximate surface area is 218 Å². The van der Waals surface area contributed by atoms with E-state index >= 15 is 0 Å². The van der Waals surface area contributed by atoms with Gasteiger partial charge in [0.2, 0.25) is 0 Å². The molecule has 0 aliphatic carbocycles. The Morgan fingerprint density at radius 3 is 2.44 bits per heavy atom. The van der Waals surface area contributed by atoms with Crippen LogP contribution in [0.3, 0.4) is 0 Å². The summed E-state index contributed by atoms with van der Waals surface area (Å²) in [5.41, 5.74) is 0.326. The fraction of sp³-hybridized carbons (Fsp3) is 0.385. The number of alkyl halides is 3. The van der Waals surface area contributed by atoms with Crippen molar-refractivity contribution in [1.82, 2.24) is 0 Å². The Morgan fingerprint density at radius 2 is 1.86 bits per heavy atom. The van der Waals surface area contributed by atoms with Crippen LogP contribution in [0.15, 0.2) is 45.2 Å². The Bertz CT molecular complexity index is 1270. The monoisotopic (exact) mass is 531 g/mol. The number of benzodiazepines with no additional fused rings is 1. The second-order valence-electron chi connectivity index (χ2n) is 8.13. The Morgan fingerprint density at radius 1 is 1.11 bits per heavy atom. The van der Waals surface area contributed by atoms with Crippen molar-refractivity contribution < 1.29 is 13.2 Å². The van der Waals surface area contributed by atoms with E-state index < -0.39 is 17.8 Å². The zero-order chi connectivity index (χ0) is 26.5. The SMILES string of the molecule is CCCN=C1C(CC)N=C(c2cc(SCCC)cc(C(F)(F)F)c2)c2cc(Cl)cc(C#N)c2N1C#N. The number of aliphatic imine (C=N–C) groups is 2. The summed E-state index contributed by atoms with van der Waals surface area (Å²) in [5, 5.41) is 20.2. The molecule has 1 aliphatic rings. The number of rotatable bonds is 7. The Kier molecular flexibility index (Phi) is 9.05. The number of fused-ring (bicyclic) bond motifs is 1. The molecular formula is C26H25ClF3N5S. The van der Waals surface area contributed by atoms with Crippen molar-refractivity contribution in [2.75, 3.05) is 17.2 Å². The largest absolute Gasteiger partial charge is 0.416 e. The molecule has 0 radical (unpaired) electrons. The van der Waals surface area contributed by atoms with E-state index in [1.165, 1.54) is 28.8 Å². The van der Waals surface area contributed by atoms with Crippen LogP contribution < -0.4 is 4.90 Å². The summed E-state index contributed by atoms with van der Waals surface area (Å²) in [5.74, 6) is 1.01. The van der Waals surface area contributed by atoms with Gasteiger partial charge in [0.05, 0.1) is 22.5 Å². The molecule has 0 N–H and O–H groups in total. The number of nitriles is 2. The standard InChI is InChI=1S/C26H25ClF3N5S/c1-4-7-33-25-22(6-3)34-23(21-13-19(27)10-17(14-31)24(21)35(25)15-32)16-9-18(26(28,29)30)12-20(11-16)36-8-5-2/h9-13,22H,4-8H2,1-3H3. The van der Waals surface area contributed by atoms with Crippen molar-refractivity contribution in [3.8, 4) is 12.3 Å². The molecule has 1 heterocycles. The quantitative estimate of drug-likeness (QED) is 0.274. The number of anilines is 1. The minimum atomic E-state index is -4.56. The highest BCUT2D eigenvalue weighted by Gasteiger charge is 2.35. The first-order valence-corrected chi connectivity index (χ1v) is 13.0. The summed E-state index contributed by atoms with van der Waals surface area (Å²) < 4.78 is 41.6. The third-order valence-electron chi connectivity index (χ3n) is 5.45. The fourth-order valence-corrected chi connectivity index (χ4v) is 4.94. The molecule has 0 bridgehead atoms. The predicted octanol–water partition coefficient (Wildman–Crippen LogP) is 7.46. The van der Waals surface area contributed by atoms with Gasteiger partial charge in [0.15, 0.2) is 6.19 Å². The molecule has 0 spiro atoms. The second kappa shape index (κ2) is 11.8. The molecule has 0 amide bonds. The lowest BCUT2D eigenvalue weighted by Crippen LogP contribution is -2.35. The lowest BCUT2D eigenvalue weighted by molar-refractivity contribution is -0.137. The lowest BCUT2D eigenvalue weighted by Gasteiger charge is -2.22. The molecule has 0 saturated carbocycles. The van der Waals surface area contributed by atoms with Crippen LogP contribution in [-0.4, -0.2) is 29.9 Å². The molecule has 10 heteroatoms. The highest BCUT2D eigenvalue weighted by atomic mass is 35.5. The third kappa shape index (κ3) is 5.86. The highest BCUT2D eigenvalue weighted by Crippen LogP contribution is 2.38. The van der Waals surface area contributed by atoms with Crippen molar-refractivity contribution in [2.45, 2.75) is 57.1 Å². The maximum Gasteiger partial charge on any atom is 0.416 e. The van der Waals surface area contributed by atoms with Gasteiger partial charge in [-0.05, 0) is 55.3 Å². The van der Waals surface area contributed by atoms with Crippen LogP contribution in [-0.2, 0) is 6.18 Å². The zero-order valence-corrected chi connectivity index (χ0v) is 21.7. The predicted molar refractivity (Wildman–Crippen MR) is 139 cm³/mol. The van der Waals surface area contributed by atoms with E-state index in [2.05, 4.69) is 17.3 Å². The minimum Gasteiger partial charge on any atom is -0.273 e. The normalized spacial score (nSPS) is 16.7. The first-order chi connectivity index (χ1) is 17.2. The molecule has 3 rings (SSSR count). The number of thioether (sulfide) groups is 1. The van der Waals surface area contributed by atoms with Crippen LogP contribution in [0.5, 0.6) is 0 Å².